The molecule has 1 amide bonds. The zero-order chi connectivity index (χ0) is 31.1. The number of hydrogen-bond acceptors (Lipinski definition) is 9. The Labute approximate surface area is 259 Å². The topological polar surface area (TPSA) is 149 Å². The number of benzene rings is 3. The normalized spacial score (nSPS) is 19.9. The number of aromatic nitrogens is 4. The third-order valence-electron chi connectivity index (χ3n) is 7.63. The second-order valence-electron chi connectivity index (χ2n) is 10.7. The van der Waals surface area contributed by atoms with Crippen LogP contribution in [0, 0.1) is 5.92 Å². The number of ether oxygens (including phenoxy) is 2. The van der Waals surface area contributed by atoms with E-state index in [1.54, 1.807) is 11.7 Å². The number of hydrogen-bond donors (Lipinski definition) is 3. The molecule has 1 aliphatic heterocycles. The highest BCUT2D eigenvalue weighted by Crippen LogP contribution is 2.43. The van der Waals surface area contributed by atoms with Crippen LogP contribution in [0.25, 0.3) is 11.1 Å². The average molecular weight is 618 g/mol. The first kappa shape index (κ1) is 31.3. The number of carbonyl (C=O) groups excluding carboxylic acids is 1. The maximum atomic E-state index is 12.1. The molecule has 44 heavy (non-hydrogen) atoms. The smallest absolute Gasteiger partial charge is 0.303 e. The molecule has 0 spiro atoms. The standard InChI is InChI=1S/C32H35N5O6S/c1-20-27(19-44-32-34-35-36-37(32)2)42-31(43-30(20)23-9-7-21(18-38)8-10-23)24-13-11-22(12-14-24)26-6-4-3-5-25(26)17-33-28(39)15-16-29(40)41/h3-14,20,27,30-31,38H,15-19H2,1-2H3,(H,33,39)(H,40,41)/t20-,27+,30+,31+/m0/s1. The Balaban J connectivity index is 1.34. The Bertz CT molecular complexity index is 1560. The lowest BCUT2D eigenvalue weighted by Crippen LogP contribution is -2.38. The van der Waals surface area contributed by atoms with E-state index in [4.69, 9.17) is 14.6 Å². The van der Waals surface area contributed by atoms with Crippen LogP contribution in [0.15, 0.2) is 78.0 Å². The number of aliphatic hydroxyl groups is 1. The van der Waals surface area contributed by atoms with Crippen molar-refractivity contribution >= 4 is 23.6 Å². The predicted octanol–water partition coefficient (Wildman–Crippen LogP) is 4.43. The van der Waals surface area contributed by atoms with Crippen LogP contribution in [0.3, 0.4) is 0 Å². The molecule has 4 aromatic rings. The number of nitrogens with zero attached hydrogens (tertiary/aromatic N) is 4. The summed E-state index contributed by atoms with van der Waals surface area (Å²) in [5.41, 5.74) is 5.56. The van der Waals surface area contributed by atoms with Gasteiger partial charge in [-0.25, -0.2) is 4.68 Å². The molecule has 0 unspecified atom stereocenters. The van der Waals surface area contributed by atoms with Crippen molar-refractivity contribution in [2.75, 3.05) is 5.75 Å². The SMILES string of the molecule is C[C@H]1[C@@H](CSc2nnnn2C)O[C@@H](c2ccc(-c3ccccc3CNC(=O)CCC(=O)O)cc2)O[C@H]1c1ccc(CO)cc1. The molecule has 230 valence electrons. The molecule has 0 saturated carbocycles. The fourth-order valence-corrected chi connectivity index (χ4v) is 6.10. The fraction of sp³-hybridized carbons (Fsp3) is 0.344. The summed E-state index contributed by atoms with van der Waals surface area (Å²) in [6.07, 6.45) is -1.29. The minimum absolute atomic E-state index is 0.0232. The van der Waals surface area contributed by atoms with E-state index in [2.05, 4.69) is 27.8 Å². The van der Waals surface area contributed by atoms with E-state index in [0.29, 0.717) is 17.5 Å². The molecule has 1 aromatic heterocycles. The van der Waals surface area contributed by atoms with Crippen molar-refractivity contribution in [2.24, 2.45) is 13.0 Å². The highest BCUT2D eigenvalue weighted by molar-refractivity contribution is 7.99. The Morgan fingerprint density at radius 3 is 2.39 bits per heavy atom. The van der Waals surface area contributed by atoms with Gasteiger partial charge in [0.2, 0.25) is 11.1 Å². The van der Waals surface area contributed by atoms with Gasteiger partial charge in [0, 0.05) is 37.2 Å². The third kappa shape index (κ3) is 7.69. The molecule has 1 saturated heterocycles. The Kier molecular flexibility index (Phi) is 10.4. The van der Waals surface area contributed by atoms with Crippen molar-refractivity contribution in [1.29, 1.82) is 0 Å². The molecule has 2 heterocycles. The molecule has 0 bridgehead atoms. The van der Waals surface area contributed by atoms with Crippen molar-refractivity contribution in [3.63, 3.8) is 0 Å². The number of carbonyl (C=O) groups is 2. The molecule has 5 rings (SSSR count). The lowest BCUT2D eigenvalue weighted by atomic mass is 9.91. The third-order valence-corrected chi connectivity index (χ3v) is 8.73. The second kappa shape index (κ2) is 14.6. The van der Waals surface area contributed by atoms with Gasteiger partial charge in [-0.05, 0) is 38.2 Å². The van der Waals surface area contributed by atoms with Crippen molar-refractivity contribution in [2.45, 2.75) is 56.6 Å². The molecule has 3 N–H and O–H groups in total. The first-order valence-corrected chi connectivity index (χ1v) is 15.3. The van der Waals surface area contributed by atoms with Crippen LogP contribution >= 0.6 is 11.8 Å². The van der Waals surface area contributed by atoms with Gasteiger partial charge in [0.15, 0.2) is 6.29 Å². The highest BCUT2D eigenvalue weighted by atomic mass is 32.2. The van der Waals surface area contributed by atoms with Gasteiger partial charge in [0.25, 0.3) is 0 Å². The van der Waals surface area contributed by atoms with E-state index < -0.39 is 12.3 Å². The summed E-state index contributed by atoms with van der Waals surface area (Å²) in [5, 5.41) is 33.6. The summed E-state index contributed by atoms with van der Waals surface area (Å²) in [5.74, 6) is -0.650. The Morgan fingerprint density at radius 2 is 1.70 bits per heavy atom. The van der Waals surface area contributed by atoms with E-state index in [1.807, 2.05) is 72.8 Å². The summed E-state index contributed by atoms with van der Waals surface area (Å²) >= 11 is 1.53. The van der Waals surface area contributed by atoms with E-state index in [0.717, 1.165) is 33.4 Å². The summed E-state index contributed by atoms with van der Waals surface area (Å²) in [6.45, 7) is 2.38. The van der Waals surface area contributed by atoms with Crippen molar-refractivity contribution in [1.82, 2.24) is 25.5 Å². The lowest BCUT2D eigenvalue weighted by molar-refractivity contribution is -0.268. The number of carboxylic acid groups (broad SMARTS) is 1. The number of aryl methyl sites for hydroxylation is 1. The zero-order valence-electron chi connectivity index (χ0n) is 24.5. The Morgan fingerprint density at radius 1 is 0.977 bits per heavy atom. The van der Waals surface area contributed by atoms with Gasteiger partial charge < -0.3 is 25.0 Å². The maximum absolute atomic E-state index is 12.1. The molecular formula is C32H35N5O6S. The van der Waals surface area contributed by atoms with Gasteiger partial charge in [0.1, 0.15) is 0 Å². The van der Waals surface area contributed by atoms with Gasteiger partial charge in [-0.2, -0.15) is 0 Å². The number of tetrazole rings is 1. The number of rotatable bonds is 12. The minimum atomic E-state index is -1.00. The summed E-state index contributed by atoms with van der Waals surface area (Å²) in [4.78, 5) is 22.9. The first-order chi connectivity index (χ1) is 21.3. The van der Waals surface area contributed by atoms with Crippen molar-refractivity contribution < 1.29 is 29.3 Å². The van der Waals surface area contributed by atoms with Crippen LogP contribution in [0.2, 0.25) is 0 Å². The zero-order valence-corrected chi connectivity index (χ0v) is 25.3. The first-order valence-electron chi connectivity index (χ1n) is 14.3. The summed E-state index contributed by atoms with van der Waals surface area (Å²) < 4.78 is 14.8. The highest BCUT2D eigenvalue weighted by Gasteiger charge is 2.38. The quantitative estimate of drug-likeness (QED) is 0.195. The molecular weight excluding hydrogens is 582 g/mol. The van der Waals surface area contributed by atoms with Crippen molar-refractivity contribution in [3.8, 4) is 11.1 Å². The van der Waals surface area contributed by atoms with E-state index >= 15 is 0 Å². The molecule has 11 nitrogen and oxygen atoms in total. The molecule has 12 heteroatoms. The van der Waals surface area contributed by atoms with Crippen molar-refractivity contribution in [3.05, 3.63) is 95.1 Å². The molecule has 1 aliphatic rings. The number of carboxylic acids is 1. The number of thioether (sulfide) groups is 1. The second-order valence-corrected chi connectivity index (χ2v) is 11.7. The number of aliphatic carboxylic acids is 1. The average Bonchev–Trinajstić information content (AvgIpc) is 3.46. The number of amides is 1. The van der Waals surface area contributed by atoms with Gasteiger partial charge in [-0.15, -0.1) is 5.10 Å². The molecule has 0 aliphatic carbocycles. The monoisotopic (exact) mass is 617 g/mol. The van der Waals surface area contributed by atoms with Gasteiger partial charge in [-0.1, -0.05) is 91.5 Å². The fourth-order valence-electron chi connectivity index (χ4n) is 5.09. The summed E-state index contributed by atoms with van der Waals surface area (Å²) in [7, 11) is 1.80. The number of aliphatic hydroxyl groups excluding tert-OH is 1. The number of nitrogens with one attached hydrogen (secondary N) is 1. The van der Waals surface area contributed by atoms with E-state index in [9.17, 15) is 14.7 Å². The maximum Gasteiger partial charge on any atom is 0.303 e. The lowest BCUT2D eigenvalue weighted by Gasteiger charge is -2.41. The Hall–Kier alpha value is -4.10. The van der Waals surface area contributed by atoms with Gasteiger partial charge in [0.05, 0.1) is 25.2 Å². The molecule has 3 aromatic carbocycles. The van der Waals surface area contributed by atoms with Crippen LogP contribution in [0.5, 0.6) is 0 Å². The van der Waals surface area contributed by atoms with Crippen LogP contribution in [0.4, 0.5) is 0 Å². The van der Waals surface area contributed by atoms with Crippen LogP contribution in [-0.2, 0) is 39.3 Å². The van der Waals surface area contributed by atoms with Crippen LogP contribution in [-0.4, -0.2) is 54.2 Å². The van der Waals surface area contributed by atoms with Gasteiger partial charge >= 0.3 is 5.97 Å². The molecule has 1 fully saturated rings. The van der Waals surface area contributed by atoms with Crippen LogP contribution < -0.4 is 5.32 Å². The van der Waals surface area contributed by atoms with E-state index in [1.165, 1.54) is 11.8 Å². The summed E-state index contributed by atoms with van der Waals surface area (Å²) in [6, 6.07) is 23.6. The minimum Gasteiger partial charge on any atom is -0.481 e. The molecule has 4 atom stereocenters. The largest absolute Gasteiger partial charge is 0.481 e. The van der Waals surface area contributed by atoms with Gasteiger partial charge in [-0.3, -0.25) is 9.59 Å². The molecule has 0 radical (unpaired) electrons. The van der Waals surface area contributed by atoms with E-state index in [-0.39, 0.29) is 43.5 Å². The predicted molar refractivity (Wildman–Crippen MR) is 163 cm³/mol. The van der Waals surface area contributed by atoms with Crippen LogP contribution in [0.1, 0.15) is 54.4 Å².